The van der Waals surface area contributed by atoms with E-state index in [-0.39, 0.29) is 37.1 Å². The van der Waals surface area contributed by atoms with Gasteiger partial charge in [-0.3, -0.25) is 4.98 Å². The second kappa shape index (κ2) is 3.81. The fourth-order valence-electron chi connectivity index (χ4n) is 0.763. The summed E-state index contributed by atoms with van der Waals surface area (Å²) in [6, 6.07) is -2.43. The van der Waals surface area contributed by atoms with Crippen LogP contribution >= 0.6 is 0 Å². The van der Waals surface area contributed by atoms with Crippen LogP contribution in [0.4, 0.5) is 0 Å². The van der Waals surface area contributed by atoms with Gasteiger partial charge >= 0.3 is 0 Å². The van der Waals surface area contributed by atoms with E-state index < -0.39 is 42.1 Å². The zero-order chi connectivity index (χ0) is 12.9. The van der Waals surface area contributed by atoms with Crippen molar-refractivity contribution in [2.24, 2.45) is 0 Å². The maximum Gasteiger partial charge on any atom is 0.141 e. The van der Waals surface area contributed by atoms with Gasteiger partial charge in [-0.05, 0) is 12.1 Å². The van der Waals surface area contributed by atoms with E-state index in [1.807, 2.05) is 0 Å². The molecule has 3 heteroatoms. The average Bonchev–Trinajstić information content (AvgIpc) is 2.30. The molecule has 0 bridgehead atoms. The quantitative estimate of drug-likeness (QED) is 0.766. The Morgan fingerprint density at radius 2 is 2.00 bits per heavy atom. The number of fused-ring (bicyclic) bond motifs is 1. The first kappa shape index (κ1) is 4.01. The molecule has 0 aliphatic carbocycles. The molecule has 0 saturated carbocycles. The second-order valence-electron chi connectivity index (χ2n) is 1.92. The molecule has 2 nitrogen and oxygen atoms in total. The molecule has 1 N–H and O–H groups in total. The van der Waals surface area contributed by atoms with Crippen LogP contribution in [-0.4, -0.2) is 10.1 Å². The summed E-state index contributed by atoms with van der Waals surface area (Å²) in [6.45, 7) is 0. The van der Waals surface area contributed by atoms with Gasteiger partial charge in [-0.25, -0.2) is 0 Å². The Morgan fingerprint density at radius 3 is 2.83 bits per heavy atom. The van der Waals surface area contributed by atoms with E-state index in [9.17, 15) is 5.11 Å². The van der Waals surface area contributed by atoms with E-state index >= 15 is 0 Å². The fraction of sp³-hybridized carbons (Fsp3) is 0. The van der Waals surface area contributed by atoms with Gasteiger partial charge in [0.15, 0.2) is 0 Å². The number of phenols is 1. The smallest absolute Gasteiger partial charge is 0.141 e. The third kappa shape index (κ3) is 1.56. The third-order valence-electron chi connectivity index (χ3n) is 1.24. The Morgan fingerprint density at radius 1 is 1.25 bits per heavy atom. The number of benzene rings is 1. The van der Waals surface area contributed by atoms with E-state index in [0.29, 0.717) is 0 Å². The summed E-state index contributed by atoms with van der Waals surface area (Å²) in [5, 5.41) is 9.45. The number of hydrogen-bond donors (Lipinski definition) is 1. The molecular formula is C9H7NOZr. The first-order valence-corrected chi connectivity index (χ1v) is 2.92. The molecule has 0 fully saturated rings. The van der Waals surface area contributed by atoms with Crippen molar-refractivity contribution in [3.8, 4) is 5.75 Å². The minimum absolute atomic E-state index is 0. The summed E-state index contributed by atoms with van der Waals surface area (Å²) in [7, 11) is 0. The minimum atomic E-state index is -0.636. The normalized spacial score (nSPS) is 16.3. The number of hydrogen-bond acceptors (Lipinski definition) is 2. The van der Waals surface area contributed by atoms with Crippen LogP contribution in [0.2, 0.25) is 0 Å². The molecule has 0 spiro atoms. The largest absolute Gasteiger partial charge is 0.506 e. The second-order valence-corrected chi connectivity index (χ2v) is 1.92. The number of phenolic OH excluding ortho intramolecular Hbond substituents is 1. The molecule has 1 heterocycles. The van der Waals surface area contributed by atoms with Crippen molar-refractivity contribution in [1.82, 2.24) is 4.98 Å². The van der Waals surface area contributed by atoms with Gasteiger partial charge in [0.25, 0.3) is 0 Å². The Kier molecular flexibility index (Phi) is 1.28. The van der Waals surface area contributed by atoms with Crippen molar-refractivity contribution in [3.63, 3.8) is 0 Å². The van der Waals surface area contributed by atoms with Crippen molar-refractivity contribution >= 4 is 10.9 Å². The third-order valence-corrected chi connectivity index (χ3v) is 1.24. The van der Waals surface area contributed by atoms with E-state index in [1.165, 1.54) is 0 Å². The summed E-state index contributed by atoms with van der Waals surface area (Å²) in [6.07, 6.45) is -0.505. The number of pyridine rings is 1. The first-order chi connectivity index (χ1) is 7.86. The fourth-order valence-corrected chi connectivity index (χ4v) is 0.763. The van der Waals surface area contributed by atoms with Gasteiger partial charge in [0.2, 0.25) is 0 Å². The molecular weight excluding hydrogens is 229 g/mol. The minimum Gasteiger partial charge on any atom is -0.506 e. The molecule has 2 aromatic rings. The van der Waals surface area contributed by atoms with E-state index in [2.05, 4.69) is 4.98 Å². The van der Waals surface area contributed by atoms with Crippen LogP contribution in [0, 0.1) is 0 Å². The van der Waals surface area contributed by atoms with Crippen LogP contribution in [0.3, 0.4) is 0 Å². The predicted molar refractivity (Wildman–Crippen MR) is 43.4 cm³/mol. The van der Waals surface area contributed by atoms with Gasteiger partial charge in [-0.15, -0.1) is 0 Å². The number of nitrogens with zero attached hydrogens (tertiary/aromatic N) is 1. The van der Waals surface area contributed by atoms with Crippen LogP contribution < -0.4 is 0 Å². The Balaban J connectivity index is 0.00000162. The van der Waals surface area contributed by atoms with Gasteiger partial charge in [0.1, 0.15) is 11.3 Å². The predicted octanol–water partition coefficient (Wildman–Crippen LogP) is 1.94. The standard InChI is InChI=1S/C9H7NO.Zr/c11-8-5-1-3-7-4-2-6-10-9(7)8;/h1-6,11H;/i1D,2D,3D,4D,5D,6D;. The molecule has 0 radical (unpaired) electrons. The maximum absolute atomic E-state index is 9.62. The summed E-state index contributed by atoms with van der Waals surface area (Å²) < 4.78 is 44.8. The van der Waals surface area contributed by atoms with Crippen molar-refractivity contribution in [3.05, 3.63) is 36.4 Å². The molecule has 1 aromatic heterocycles. The van der Waals surface area contributed by atoms with Crippen LogP contribution in [0.5, 0.6) is 5.75 Å². The summed E-state index contributed by atoms with van der Waals surface area (Å²) >= 11 is 0. The Labute approximate surface area is 97.8 Å². The first-order valence-electron chi connectivity index (χ1n) is 5.92. The zero-order valence-corrected chi connectivity index (χ0v) is 8.35. The van der Waals surface area contributed by atoms with Gasteiger partial charge in [-0.1, -0.05) is 18.1 Å². The van der Waals surface area contributed by atoms with Gasteiger partial charge in [0, 0.05) is 37.8 Å². The zero-order valence-electron chi connectivity index (χ0n) is 11.9. The molecule has 0 saturated heterocycles. The van der Waals surface area contributed by atoms with E-state index in [4.69, 9.17) is 8.22 Å². The molecule has 58 valence electrons. The maximum atomic E-state index is 9.62. The number of rotatable bonds is 0. The van der Waals surface area contributed by atoms with Gasteiger partial charge in [0.05, 0.1) is 8.22 Å². The molecule has 0 aliphatic heterocycles. The molecule has 0 amide bonds. The molecule has 1 aromatic carbocycles. The molecule has 12 heavy (non-hydrogen) atoms. The molecule has 0 atom stereocenters. The Bertz CT molecular complexity index is 639. The van der Waals surface area contributed by atoms with Gasteiger partial charge in [-0.2, -0.15) is 0 Å². The summed E-state index contributed by atoms with van der Waals surface area (Å²) in [5.74, 6) is -0.636. The number of para-hydroxylation sites is 1. The topological polar surface area (TPSA) is 33.1 Å². The van der Waals surface area contributed by atoms with Crippen molar-refractivity contribution in [2.75, 3.05) is 0 Å². The van der Waals surface area contributed by atoms with Gasteiger partial charge < -0.3 is 5.11 Å². The van der Waals surface area contributed by atoms with Crippen LogP contribution in [0.15, 0.2) is 36.4 Å². The average molecular weight is 242 g/mol. The number of aromatic nitrogens is 1. The summed E-state index contributed by atoms with van der Waals surface area (Å²) in [4.78, 5) is 3.58. The van der Waals surface area contributed by atoms with Crippen LogP contribution in [-0.2, 0) is 26.2 Å². The SMILES string of the molecule is [2H]c1nc2c(O)c([2H])c([2H])c([2H])c2c([2H])c1[2H].[Zr]. The Hall–Kier alpha value is -0.687. The summed E-state index contributed by atoms with van der Waals surface area (Å²) in [5.41, 5.74) is -0.248. The number of aromatic hydroxyl groups is 1. The van der Waals surface area contributed by atoms with Crippen molar-refractivity contribution < 1.29 is 39.5 Å². The van der Waals surface area contributed by atoms with Crippen molar-refractivity contribution in [1.29, 1.82) is 0 Å². The monoisotopic (exact) mass is 241 g/mol. The molecule has 0 aliphatic rings. The van der Waals surface area contributed by atoms with Crippen LogP contribution in [0.1, 0.15) is 8.22 Å². The molecule has 2 rings (SSSR count). The molecule has 0 unspecified atom stereocenters. The van der Waals surface area contributed by atoms with Crippen LogP contribution in [0.25, 0.3) is 10.9 Å². The van der Waals surface area contributed by atoms with E-state index in [0.717, 1.165) is 0 Å². The van der Waals surface area contributed by atoms with Crippen molar-refractivity contribution in [2.45, 2.75) is 0 Å². The van der Waals surface area contributed by atoms with E-state index in [1.54, 1.807) is 0 Å².